The number of carbonyl (C=O) groups is 1. The van der Waals surface area contributed by atoms with Crippen LogP contribution in [0.4, 0.5) is 0 Å². The first-order valence-electron chi connectivity index (χ1n) is 7.47. The van der Waals surface area contributed by atoms with Gasteiger partial charge in [-0.15, -0.1) is 0 Å². The molecule has 0 spiro atoms. The number of carbonyl (C=O) groups excluding carboxylic acids is 1. The fraction of sp³-hybridized carbons (Fsp3) is 0.471. The standard InChI is InChI=1S/C17H24INO3S/c1-7-21-16(20)15-14(18)12-10-11(8-9-13(12)19-15)22-23(5,6)17(2,3)4/h8-10,19H,7H2,1-6H3. The summed E-state index contributed by atoms with van der Waals surface area (Å²) in [7, 11) is -1.25. The van der Waals surface area contributed by atoms with Crippen LogP contribution in [0.2, 0.25) is 0 Å². The second-order valence-electron chi connectivity index (χ2n) is 6.67. The summed E-state index contributed by atoms with van der Waals surface area (Å²) < 4.78 is 12.3. The van der Waals surface area contributed by atoms with Gasteiger partial charge in [0.15, 0.2) is 0 Å². The van der Waals surface area contributed by atoms with Gasteiger partial charge in [-0.05, 0) is 81.0 Å². The monoisotopic (exact) mass is 449 g/mol. The van der Waals surface area contributed by atoms with E-state index in [1.165, 1.54) is 0 Å². The number of hydrogen-bond acceptors (Lipinski definition) is 3. The molecule has 0 saturated heterocycles. The molecule has 0 aliphatic carbocycles. The zero-order chi connectivity index (χ0) is 17.4. The van der Waals surface area contributed by atoms with Crippen LogP contribution in [0.5, 0.6) is 5.75 Å². The normalized spacial score (nSPS) is 13.2. The van der Waals surface area contributed by atoms with Crippen molar-refractivity contribution in [1.82, 2.24) is 4.98 Å². The van der Waals surface area contributed by atoms with Crippen molar-refractivity contribution in [1.29, 1.82) is 0 Å². The minimum Gasteiger partial charge on any atom is -0.461 e. The van der Waals surface area contributed by atoms with Crippen LogP contribution in [0.15, 0.2) is 18.2 Å². The van der Waals surface area contributed by atoms with Crippen molar-refractivity contribution in [3.63, 3.8) is 0 Å². The number of nitrogens with one attached hydrogen (secondary N) is 1. The van der Waals surface area contributed by atoms with E-state index < -0.39 is 10.3 Å². The molecule has 6 heteroatoms. The van der Waals surface area contributed by atoms with E-state index in [1.807, 2.05) is 18.2 Å². The van der Waals surface area contributed by atoms with Crippen molar-refractivity contribution in [3.8, 4) is 5.75 Å². The van der Waals surface area contributed by atoms with E-state index in [0.717, 1.165) is 20.2 Å². The Balaban J connectivity index is 2.40. The van der Waals surface area contributed by atoms with Gasteiger partial charge in [0, 0.05) is 15.6 Å². The average Bonchev–Trinajstić information content (AvgIpc) is 2.75. The van der Waals surface area contributed by atoms with Gasteiger partial charge in [0.05, 0.1) is 10.2 Å². The van der Waals surface area contributed by atoms with E-state index in [-0.39, 0.29) is 10.7 Å². The van der Waals surface area contributed by atoms with E-state index in [2.05, 4.69) is 60.9 Å². The average molecular weight is 449 g/mol. The van der Waals surface area contributed by atoms with Crippen LogP contribution in [0.25, 0.3) is 10.9 Å². The van der Waals surface area contributed by atoms with E-state index in [0.29, 0.717) is 12.3 Å². The number of aromatic nitrogens is 1. The van der Waals surface area contributed by atoms with Gasteiger partial charge >= 0.3 is 5.97 Å². The molecule has 1 aromatic carbocycles. The van der Waals surface area contributed by atoms with Gasteiger partial charge in [-0.2, -0.15) is 0 Å². The minimum absolute atomic E-state index is 0.0867. The Hall–Kier alpha value is -0.890. The first-order chi connectivity index (χ1) is 10.6. The third-order valence-electron chi connectivity index (χ3n) is 3.97. The zero-order valence-electron chi connectivity index (χ0n) is 14.5. The fourth-order valence-corrected chi connectivity index (χ4v) is 3.54. The molecule has 0 fully saturated rings. The molecule has 128 valence electrons. The van der Waals surface area contributed by atoms with Crippen LogP contribution in [-0.4, -0.2) is 34.8 Å². The molecule has 1 N–H and O–H groups in total. The molecule has 0 atom stereocenters. The lowest BCUT2D eigenvalue weighted by Gasteiger charge is -2.43. The molecule has 0 amide bonds. The van der Waals surface area contributed by atoms with Gasteiger partial charge in [-0.25, -0.2) is 4.79 Å². The zero-order valence-corrected chi connectivity index (χ0v) is 17.4. The molecule has 1 heterocycles. The maximum Gasteiger partial charge on any atom is 0.355 e. The van der Waals surface area contributed by atoms with E-state index >= 15 is 0 Å². The second-order valence-corrected chi connectivity index (χ2v) is 11.6. The molecule has 2 rings (SSSR count). The SMILES string of the molecule is CCOC(=O)c1[nH]c2ccc(OS(C)(C)C(C)(C)C)cc2c1I. The smallest absolute Gasteiger partial charge is 0.355 e. The summed E-state index contributed by atoms with van der Waals surface area (Å²) in [6, 6.07) is 5.90. The van der Waals surface area contributed by atoms with Gasteiger partial charge in [-0.1, -0.05) is 10.3 Å². The lowest BCUT2D eigenvalue weighted by Crippen LogP contribution is -2.27. The number of benzene rings is 1. The number of halogens is 1. The molecular formula is C17H24INO3S. The summed E-state index contributed by atoms with van der Waals surface area (Å²) in [5, 5.41) is 0.982. The maximum absolute atomic E-state index is 12.0. The van der Waals surface area contributed by atoms with Crippen LogP contribution < -0.4 is 4.18 Å². The number of H-pyrrole nitrogens is 1. The first kappa shape index (κ1) is 18.4. The molecule has 23 heavy (non-hydrogen) atoms. The molecule has 0 saturated carbocycles. The van der Waals surface area contributed by atoms with Gasteiger partial charge in [-0.3, -0.25) is 0 Å². The number of esters is 1. The largest absolute Gasteiger partial charge is 0.461 e. The Kier molecular flexibility index (Phi) is 5.25. The van der Waals surface area contributed by atoms with Crippen LogP contribution in [-0.2, 0) is 4.74 Å². The lowest BCUT2D eigenvalue weighted by atomic mass is 10.2. The predicted octanol–water partition coefficient (Wildman–Crippen LogP) is 5.11. The Morgan fingerprint density at radius 3 is 2.52 bits per heavy atom. The van der Waals surface area contributed by atoms with Crippen molar-refractivity contribution in [2.24, 2.45) is 0 Å². The topological polar surface area (TPSA) is 51.3 Å². The summed E-state index contributed by atoms with van der Waals surface area (Å²) >= 11 is 2.18. The molecule has 4 nitrogen and oxygen atoms in total. The summed E-state index contributed by atoms with van der Waals surface area (Å²) in [6.45, 7) is 8.75. The predicted molar refractivity (Wildman–Crippen MR) is 107 cm³/mol. The van der Waals surface area contributed by atoms with E-state index in [9.17, 15) is 4.79 Å². The molecule has 2 aromatic rings. The third kappa shape index (κ3) is 3.79. The Labute approximate surface area is 153 Å². The maximum atomic E-state index is 12.0. The van der Waals surface area contributed by atoms with Crippen molar-refractivity contribution in [3.05, 3.63) is 27.5 Å². The summed E-state index contributed by atoms with van der Waals surface area (Å²) in [6.07, 6.45) is 4.34. The van der Waals surface area contributed by atoms with Crippen LogP contribution in [0, 0.1) is 3.57 Å². The van der Waals surface area contributed by atoms with Crippen LogP contribution >= 0.6 is 32.9 Å². The second kappa shape index (κ2) is 6.55. The lowest BCUT2D eigenvalue weighted by molar-refractivity contribution is 0.0519. The van der Waals surface area contributed by atoms with Crippen molar-refractivity contribution < 1.29 is 13.7 Å². The third-order valence-corrected chi connectivity index (χ3v) is 8.64. The van der Waals surface area contributed by atoms with E-state index in [1.54, 1.807) is 6.92 Å². The van der Waals surface area contributed by atoms with Crippen molar-refractivity contribution >= 4 is 49.8 Å². The molecule has 0 aliphatic rings. The highest BCUT2D eigenvalue weighted by Crippen LogP contribution is 2.53. The summed E-state index contributed by atoms with van der Waals surface area (Å²) in [4.78, 5) is 15.1. The molecule has 1 aromatic heterocycles. The quantitative estimate of drug-likeness (QED) is 0.522. The van der Waals surface area contributed by atoms with Crippen LogP contribution in [0.3, 0.4) is 0 Å². The van der Waals surface area contributed by atoms with Crippen molar-refractivity contribution in [2.75, 3.05) is 19.1 Å². The van der Waals surface area contributed by atoms with Gasteiger partial charge in [0.1, 0.15) is 11.4 Å². The highest BCUT2D eigenvalue weighted by molar-refractivity contribution is 14.1. The first-order valence-corrected chi connectivity index (χ1v) is 10.9. The Bertz CT molecular complexity index is 731. The summed E-state index contributed by atoms with van der Waals surface area (Å²) in [5.74, 6) is 0.510. The summed E-state index contributed by atoms with van der Waals surface area (Å²) in [5.41, 5.74) is 1.41. The highest BCUT2D eigenvalue weighted by atomic mass is 127. The van der Waals surface area contributed by atoms with Gasteiger partial charge in [0.25, 0.3) is 0 Å². The van der Waals surface area contributed by atoms with E-state index in [4.69, 9.17) is 8.92 Å². The number of ether oxygens (including phenoxy) is 1. The van der Waals surface area contributed by atoms with Crippen LogP contribution in [0.1, 0.15) is 38.2 Å². The van der Waals surface area contributed by atoms with Crippen molar-refractivity contribution in [2.45, 2.75) is 32.4 Å². The molecule has 0 aliphatic heterocycles. The Morgan fingerprint density at radius 2 is 1.96 bits per heavy atom. The fourth-order valence-electron chi connectivity index (χ4n) is 1.90. The molecular weight excluding hydrogens is 425 g/mol. The van der Waals surface area contributed by atoms with Gasteiger partial charge < -0.3 is 13.9 Å². The Morgan fingerprint density at radius 1 is 1.30 bits per heavy atom. The molecule has 0 bridgehead atoms. The number of rotatable bonds is 4. The molecule has 0 radical (unpaired) electrons. The van der Waals surface area contributed by atoms with Gasteiger partial charge in [0.2, 0.25) is 0 Å². The highest BCUT2D eigenvalue weighted by Gasteiger charge is 2.30. The number of fused-ring (bicyclic) bond motifs is 1. The minimum atomic E-state index is -1.25. The number of hydrogen-bond donors (Lipinski definition) is 1. The number of aromatic amines is 1. The molecule has 0 unspecified atom stereocenters.